The van der Waals surface area contributed by atoms with Crippen LogP contribution in [0.15, 0.2) is 47.2 Å². The summed E-state index contributed by atoms with van der Waals surface area (Å²) in [5.74, 6) is 5.69. The van der Waals surface area contributed by atoms with E-state index in [2.05, 4.69) is 45.4 Å². The standard InChI is InChI=1S/C14H16BrN3/c1-10-12(5-2-6-13(10)15)14(18-16)8-11-4-3-7-17-9-11/h2-7,9,14,18H,8,16H2,1H3. The number of benzene rings is 1. The monoisotopic (exact) mass is 305 g/mol. The van der Waals surface area contributed by atoms with Crippen LogP contribution in [-0.4, -0.2) is 4.98 Å². The molecule has 1 unspecified atom stereocenters. The molecule has 0 amide bonds. The molecule has 1 atom stereocenters. The van der Waals surface area contributed by atoms with E-state index < -0.39 is 0 Å². The maximum absolute atomic E-state index is 5.69. The van der Waals surface area contributed by atoms with Crippen LogP contribution in [0.2, 0.25) is 0 Å². The van der Waals surface area contributed by atoms with E-state index in [4.69, 9.17) is 5.84 Å². The highest BCUT2D eigenvalue weighted by Gasteiger charge is 2.14. The number of hydrogen-bond acceptors (Lipinski definition) is 3. The molecule has 0 fully saturated rings. The molecule has 0 saturated heterocycles. The molecule has 18 heavy (non-hydrogen) atoms. The smallest absolute Gasteiger partial charge is 0.0503 e. The SMILES string of the molecule is Cc1c(Br)cccc1C(Cc1cccnc1)NN. The fraction of sp³-hybridized carbons (Fsp3) is 0.214. The van der Waals surface area contributed by atoms with Crippen LogP contribution in [0, 0.1) is 6.92 Å². The van der Waals surface area contributed by atoms with Crippen molar-refractivity contribution in [2.75, 3.05) is 0 Å². The number of nitrogens with two attached hydrogens (primary N) is 1. The Kier molecular flexibility index (Phi) is 4.47. The minimum Gasteiger partial charge on any atom is -0.271 e. The second-order valence-electron chi connectivity index (χ2n) is 4.24. The fourth-order valence-electron chi connectivity index (χ4n) is 2.01. The van der Waals surface area contributed by atoms with Gasteiger partial charge in [0.2, 0.25) is 0 Å². The van der Waals surface area contributed by atoms with Crippen molar-refractivity contribution >= 4 is 15.9 Å². The first-order chi connectivity index (χ1) is 8.72. The second kappa shape index (κ2) is 6.09. The third kappa shape index (κ3) is 2.96. The van der Waals surface area contributed by atoms with Crippen LogP contribution in [0.1, 0.15) is 22.7 Å². The molecule has 0 bridgehead atoms. The summed E-state index contributed by atoms with van der Waals surface area (Å²) in [6.07, 6.45) is 4.47. The van der Waals surface area contributed by atoms with E-state index in [-0.39, 0.29) is 6.04 Å². The van der Waals surface area contributed by atoms with Crippen LogP contribution >= 0.6 is 15.9 Å². The van der Waals surface area contributed by atoms with Gasteiger partial charge in [0.1, 0.15) is 0 Å². The van der Waals surface area contributed by atoms with Gasteiger partial charge in [0, 0.05) is 16.9 Å². The van der Waals surface area contributed by atoms with Crippen LogP contribution in [0.5, 0.6) is 0 Å². The lowest BCUT2D eigenvalue weighted by atomic mass is 9.96. The van der Waals surface area contributed by atoms with Crippen molar-refractivity contribution in [2.24, 2.45) is 5.84 Å². The Labute approximate surface area is 116 Å². The molecule has 3 N–H and O–H groups in total. The highest BCUT2D eigenvalue weighted by Crippen LogP contribution is 2.26. The molecule has 0 aliphatic heterocycles. The van der Waals surface area contributed by atoms with Gasteiger partial charge in [-0.3, -0.25) is 16.3 Å². The fourth-order valence-corrected chi connectivity index (χ4v) is 2.40. The molecule has 1 aromatic carbocycles. The van der Waals surface area contributed by atoms with E-state index in [1.54, 1.807) is 6.20 Å². The van der Waals surface area contributed by atoms with Crippen molar-refractivity contribution in [3.05, 3.63) is 63.9 Å². The molecule has 2 rings (SSSR count). The van der Waals surface area contributed by atoms with Gasteiger partial charge in [-0.1, -0.05) is 34.1 Å². The summed E-state index contributed by atoms with van der Waals surface area (Å²) in [6.45, 7) is 2.09. The maximum atomic E-state index is 5.69. The lowest BCUT2D eigenvalue weighted by Crippen LogP contribution is -2.30. The topological polar surface area (TPSA) is 50.9 Å². The predicted octanol–water partition coefficient (Wildman–Crippen LogP) is 2.90. The maximum Gasteiger partial charge on any atom is 0.0503 e. The number of hydrazine groups is 1. The van der Waals surface area contributed by atoms with Crippen LogP contribution in [0.4, 0.5) is 0 Å². The quantitative estimate of drug-likeness (QED) is 0.674. The van der Waals surface area contributed by atoms with Gasteiger partial charge in [0.25, 0.3) is 0 Å². The molecule has 2 aromatic rings. The molecule has 0 spiro atoms. The van der Waals surface area contributed by atoms with Crippen LogP contribution in [0.3, 0.4) is 0 Å². The summed E-state index contributed by atoms with van der Waals surface area (Å²) in [5, 5.41) is 0. The number of nitrogens with one attached hydrogen (secondary N) is 1. The Hall–Kier alpha value is -1.23. The Bertz CT molecular complexity index is 514. The zero-order chi connectivity index (χ0) is 13.0. The lowest BCUT2D eigenvalue weighted by molar-refractivity contribution is 0.548. The number of nitrogens with zero attached hydrogens (tertiary/aromatic N) is 1. The normalized spacial score (nSPS) is 12.4. The minimum absolute atomic E-state index is 0.0895. The molecular weight excluding hydrogens is 290 g/mol. The largest absolute Gasteiger partial charge is 0.271 e. The molecule has 0 aliphatic carbocycles. The first kappa shape index (κ1) is 13.2. The van der Waals surface area contributed by atoms with Gasteiger partial charge in [-0.2, -0.15) is 0 Å². The number of rotatable bonds is 4. The average molecular weight is 306 g/mol. The van der Waals surface area contributed by atoms with Gasteiger partial charge in [-0.05, 0) is 42.2 Å². The summed E-state index contributed by atoms with van der Waals surface area (Å²) in [7, 11) is 0. The molecule has 0 saturated carbocycles. The zero-order valence-electron chi connectivity index (χ0n) is 10.2. The first-order valence-electron chi connectivity index (χ1n) is 5.82. The number of pyridine rings is 1. The zero-order valence-corrected chi connectivity index (χ0v) is 11.8. The van der Waals surface area contributed by atoms with Gasteiger partial charge >= 0.3 is 0 Å². The van der Waals surface area contributed by atoms with E-state index in [0.29, 0.717) is 0 Å². The highest BCUT2D eigenvalue weighted by atomic mass is 79.9. The van der Waals surface area contributed by atoms with Gasteiger partial charge in [0.15, 0.2) is 0 Å². The highest BCUT2D eigenvalue weighted by molar-refractivity contribution is 9.10. The number of aromatic nitrogens is 1. The van der Waals surface area contributed by atoms with E-state index in [1.165, 1.54) is 16.7 Å². The van der Waals surface area contributed by atoms with Crippen molar-refractivity contribution in [3.63, 3.8) is 0 Å². The molecule has 4 heteroatoms. The lowest BCUT2D eigenvalue weighted by Gasteiger charge is -2.19. The summed E-state index contributed by atoms with van der Waals surface area (Å²) in [4.78, 5) is 4.13. The van der Waals surface area contributed by atoms with Crippen molar-refractivity contribution < 1.29 is 0 Å². The molecular formula is C14H16BrN3. The van der Waals surface area contributed by atoms with Gasteiger partial charge < -0.3 is 0 Å². The molecule has 1 aromatic heterocycles. The van der Waals surface area contributed by atoms with Crippen molar-refractivity contribution in [1.82, 2.24) is 10.4 Å². The summed E-state index contributed by atoms with van der Waals surface area (Å²) in [6, 6.07) is 10.3. The van der Waals surface area contributed by atoms with Gasteiger partial charge in [0.05, 0.1) is 6.04 Å². The minimum atomic E-state index is 0.0895. The molecule has 94 valence electrons. The average Bonchev–Trinajstić information content (AvgIpc) is 2.41. The van der Waals surface area contributed by atoms with Gasteiger partial charge in [-0.25, -0.2) is 0 Å². The van der Waals surface area contributed by atoms with Crippen molar-refractivity contribution in [3.8, 4) is 0 Å². The van der Waals surface area contributed by atoms with Crippen LogP contribution in [0.25, 0.3) is 0 Å². The Morgan fingerprint density at radius 3 is 2.83 bits per heavy atom. The Morgan fingerprint density at radius 2 is 2.17 bits per heavy atom. The van der Waals surface area contributed by atoms with E-state index in [9.17, 15) is 0 Å². The third-order valence-electron chi connectivity index (χ3n) is 3.05. The van der Waals surface area contributed by atoms with Gasteiger partial charge in [-0.15, -0.1) is 0 Å². The van der Waals surface area contributed by atoms with Crippen molar-refractivity contribution in [2.45, 2.75) is 19.4 Å². The summed E-state index contributed by atoms with van der Waals surface area (Å²) >= 11 is 3.55. The number of halogens is 1. The van der Waals surface area contributed by atoms with E-state index >= 15 is 0 Å². The molecule has 0 aliphatic rings. The van der Waals surface area contributed by atoms with Crippen LogP contribution < -0.4 is 11.3 Å². The summed E-state index contributed by atoms with van der Waals surface area (Å²) in [5.41, 5.74) is 6.47. The van der Waals surface area contributed by atoms with Crippen LogP contribution in [-0.2, 0) is 6.42 Å². The molecule has 3 nitrogen and oxygen atoms in total. The first-order valence-corrected chi connectivity index (χ1v) is 6.61. The van der Waals surface area contributed by atoms with E-state index in [0.717, 1.165) is 10.9 Å². The number of hydrogen-bond donors (Lipinski definition) is 2. The molecule has 0 radical (unpaired) electrons. The van der Waals surface area contributed by atoms with Crippen molar-refractivity contribution in [1.29, 1.82) is 0 Å². The summed E-state index contributed by atoms with van der Waals surface area (Å²) < 4.78 is 1.10. The third-order valence-corrected chi connectivity index (χ3v) is 3.91. The van der Waals surface area contributed by atoms with E-state index in [1.807, 2.05) is 24.4 Å². The Balaban J connectivity index is 2.26. The molecule has 1 heterocycles. The second-order valence-corrected chi connectivity index (χ2v) is 5.09. The predicted molar refractivity (Wildman–Crippen MR) is 76.9 cm³/mol. The Morgan fingerprint density at radius 1 is 1.33 bits per heavy atom.